The highest BCUT2D eigenvalue weighted by atomic mass is 32.2. The Labute approximate surface area is 153 Å². The molecule has 1 aliphatic carbocycles. The summed E-state index contributed by atoms with van der Waals surface area (Å²) < 4.78 is 2.19. The first kappa shape index (κ1) is 18.0. The minimum atomic E-state index is -0.228. The van der Waals surface area contributed by atoms with Gasteiger partial charge in [0.2, 0.25) is 5.91 Å². The highest BCUT2D eigenvalue weighted by Crippen LogP contribution is 2.34. The van der Waals surface area contributed by atoms with Crippen LogP contribution in [0.4, 0.5) is 5.69 Å². The van der Waals surface area contributed by atoms with Gasteiger partial charge in [0.05, 0.1) is 5.25 Å². The number of benzene rings is 1. The van der Waals surface area contributed by atoms with Gasteiger partial charge in [-0.15, -0.1) is 10.2 Å². The fourth-order valence-corrected chi connectivity index (χ4v) is 4.24. The van der Waals surface area contributed by atoms with E-state index in [0.29, 0.717) is 5.92 Å². The Bertz CT molecular complexity index is 695. The van der Waals surface area contributed by atoms with Crippen molar-refractivity contribution in [1.29, 1.82) is 0 Å². The number of thioether (sulfide) groups is 1. The lowest BCUT2D eigenvalue weighted by molar-refractivity contribution is -0.115. The molecule has 1 heterocycles. The molecule has 1 aromatic carbocycles. The van der Waals surface area contributed by atoms with Crippen LogP contribution in [0.25, 0.3) is 0 Å². The maximum atomic E-state index is 12.4. The Kier molecular flexibility index (Phi) is 6.13. The van der Waals surface area contributed by atoms with Crippen molar-refractivity contribution in [3.8, 4) is 0 Å². The zero-order valence-electron chi connectivity index (χ0n) is 14.9. The summed E-state index contributed by atoms with van der Waals surface area (Å²) in [5.74, 6) is 1.60. The van der Waals surface area contributed by atoms with E-state index in [4.69, 9.17) is 0 Å². The molecule has 2 aromatic rings. The van der Waals surface area contributed by atoms with Crippen molar-refractivity contribution in [2.45, 2.75) is 68.8 Å². The molecule has 1 fully saturated rings. The lowest BCUT2D eigenvalue weighted by Gasteiger charge is -2.21. The van der Waals surface area contributed by atoms with Crippen molar-refractivity contribution in [2.75, 3.05) is 5.32 Å². The van der Waals surface area contributed by atoms with E-state index in [1.807, 2.05) is 37.3 Å². The van der Waals surface area contributed by atoms with Gasteiger partial charge >= 0.3 is 0 Å². The zero-order chi connectivity index (χ0) is 17.6. The van der Waals surface area contributed by atoms with Crippen molar-refractivity contribution in [3.63, 3.8) is 0 Å². The van der Waals surface area contributed by atoms with Crippen molar-refractivity contribution >= 4 is 23.4 Å². The molecule has 1 saturated carbocycles. The summed E-state index contributed by atoms with van der Waals surface area (Å²) in [6, 6.07) is 9.55. The van der Waals surface area contributed by atoms with Crippen LogP contribution in [0.3, 0.4) is 0 Å². The summed E-state index contributed by atoms with van der Waals surface area (Å²) in [6.07, 6.45) is 6.29. The summed E-state index contributed by atoms with van der Waals surface area (Å²) in [5.41, 5.74) is 0.819. The van der Waals surface area contributed by atoms with Crippen LogP contribution in [0.5, 0.6) is 0 Å². The van der Waals surface area contributed by atoms with Gasteiger partial charge in [-0.1, -0.05) is 49.2 Å². The number of hydrogen-bond donors (Lipinski definition) is 1. The summed E-state index contributed by atoms with van der Waals surface area (Å²) in [4.78, 5) is 12.4. The minimum absolute atomic E-state index is 0.0129. The molecule has 0 spiro atoms. The molecule has 1 atom stereocenters. The van der Waals surface area contributed by atoms with Crippen molar-refractivity contribution in [2.24, 2.45) is 0 Å². The molecule has 3 rings (SSSR count). The number of rotatable bonds is 6. The average Bonchev–Trinajstić information content (AvgIpc) is 3.05. The summed E-state index contributed by atoms with van der Waals surface area (Å²) in [5, 5.41) is 12.4. The molecule has 1 N–H and O–H groups in total. The Morgan fingerprint density at radius 2 is 1.96 bits per heavy atom. The third kappa shape index (κ3) is 4.42. The van der Waals surface area contributed by atoms with Gasteiger partial charge in [0.25, 0.3) is 0 Å². The highest BCUT2D eigenvalue weighted by Gasteiger charge is 2.25. The second-order valence-electron chi connectivity index (χ2n) is 6.54. The molecule has 1 amide bonds. The number of carbonyl (C=O) groups is 1. The standard InChI is InChI=1S/C19H26N4OS/c1-3-23-17(15-10-6-4-7-11-15)21-22-19(23)25-14(2)18(24)20-16-12-8-5-9-13-16/h5,8-9,12-15H,3-4,6-7,10-11H2,1-2H3,(H,20,24)/t14-/m0/s1. The lowest BCUT2D eigenvalue weighted by Crippen LogP contribution is -2.23. The SMILES string of the molecule is CCn1c(S[C@@H](C)C(=O)Nc2ccccc2)nnc1C1CCCCC1. The predicted octanol–water partition coefficient (Wildman–Crippen LogP) is 4.47. The summed E-state index contributed by atoms with van der Waals surface area (Å²) in [6.45, 7) is 4.88. The quantitative estimate of drug-likeness (QED) is 0.774. The molecular weight excluding hydrogens is 332 g/mol. The monoisotopic (exact) mass is 358 g/mol. The number of anilines is 1. The highest BCUT2D eigenvalue weighted by molar-refractivity contribution is 8.00. The number of para-hydroxylation sites is 1. The van der Waals surface area contributed by atoms with Crippen molar-refractivity contribution < 1.29 is 4.79 Å². The van der Waals surface area contributed by atoms with E-state index >= 15 is 0 Å². The molecule has 0 saturated heterocycles. The molecule has 1 aromatic heterocycles. The van der Waals surface area contributed by atoms with Crippen LogP contribution in [0.1, 0.15) is 57.7 Å². The molecule has 5 nitrogen and oxygen atoms in total. The molecule has 0 radical (unpaired) electrons. The van der Waals surface area contributed by atoms with Gasteiger partial charge < -0.3 is 9.88 Å². The number of aromatic nitrogens is 3. The van der Waals surface area contributed by atoms with E-state index in [-0.39, 0.29) is 11.2 Å². The van der Waals surface area contributed by atoms with Gasteiger partial charge in [-0.3, -0.25) is 4.79 Å². The topological polar surface area (TPSA) is 59.8 Å². The molecule has 0 unspecified atom stereocenters. The molecule has 0 bridgehead atoms. The fraction of sp³-hybridized carbons (Fsp3) is 0.526. The third-order valence-corrected chi connectivity index (χ3v) is 5.81. The van der Waals surface area contributed by atoms with Gasteiger partial charge in [-0.2, -0.15) is 0 Å². The molecule has 6 heteroatoms. The van der Waals surface area contributed by atoms with Gasteiger partial charge in [0.15, 0.2) is 5.16 Å². The summed E-state index contributed by atoms with van der Waals surface area (Å²) in [7, 11) is 0. The second kappa shape index (κ2) is 8.52. The van der Waals surface area contributed by atoms with Crippen LogP contribution in [0.2, 0.25) is 0 Å². The van der Waals surface area contributed by atoms with E-state index in [0.717, 1.165) is 23.2 Å². The Morgan fingerprint density at radius 3 is 2.64 bits per heavy atom. The van der Waals surface area contributed by atoms with Crippen LogP contribution < -0.4 is 5.32 Å². The van der Waals surface area contributed by atoms with Crippen LogP contribution in [-0.2, 0) is 11.3 Å². The number of nitrogens with one attached hydrogen (secondary N) is 1. The molecule has 1 aliphatic rings. The molecule has 25 heavy (non-hydrogen) atoms. The van der Waals surface area contributed by atoms with Crippen molar-refractivity contribution in [3.05, 3.63) is 36.2 Å². The maximum Gasteiger partial charge on any atom is 0.237 e. The van der Waals surface area contributed by atoms with Crippen LogP contribution >= 0.6 is 11.8 Å². The van der Waals surface area contributed by atoms with E-state index in [9.17, 15) is 4.79 Å². The number of nitrogens with zero attached hydrogens (tertiary/aromatic N) is 3. The van der Waals surface area contributed by atoms with Gasteiger partial charge in [-0.25, -0.2) is 0 Å². The minimum Gasteiger partial charge on any atom is -0.325 e. The van der Waals surface area contributed by atoms with Gasteiger partial charge in [-0.05, 0) is 38.8 Å². The lowest BCUT2D eigenvalue weighted by atomic mass is 9.89. The number of carbonyl (C=O) groups excluding carboxylic acids is 1. The molecule has 0 aliphatic heterocycles. The molecular formula is C19H26N4OS. The average molecular weight is 359 g/mol. The van der Waals surface area contributed by atoms with Crippen LogP contribution in [0.15, 0.2) is 35.5 Å². The zero-order valence-corrected chi connectivity index (χ0v) is 15.8. The Hall–Kier alpha value is -1.82. The van der Waals surface area contributed by atoms with E-state index in [2.05, 4.69) is 27.0 Å². The third-order valence-electron chi connectivity index (χ3n) is 4.72. The fourth-order valence-electron chi connectivity index (χ4n) is 3.32. The van der Waals surface area contributed by atoms with E-state index in [1.54, 1.807) is 0 Å². The first-order valence-corrected chi connectivity index (χ1v) is 10.0. The second-order valence-corrected chi connectivity index (χ2v) is 7.84. The number of hydrogen-bond acceptors (Lipinski definition) is 4. The van der Waals surface area contributed by atoms with Gasteiger partial charge in [0, 0.05) is 18.2 Å². The van der Waals surface area contributed by atoms with Crippen LogP contribution in [0, 0.1) is 0 Å². The summed E-state index contributed by atoms with van der Waals surface area (Å²) >= 11 is 1.48. The Balaban J connectivity index is 1.67. The largest absolute Gasteiger partial charge is 0.325 e. The van der Waals surface area contributed by atoms with Crippen molar-refractivity contribution in [1.82, 2.24) is 14.8 Å². The molecule has 134 valence electrons. The first-order valence-electron chi connectivity index (χ1n) is 9.14. The number of amides is 1. The maximum absolute atomic E-state index is 12.4. The smallest absolute Gasteiger partial charge is 0.237 e. The first-order chi connectivity index (χ1) is 12.2. The van der Waals surface area contributed by atoms with Gasteiger partial charge in [0.1, 0.15) is 5.82 Å². The Morgan fingerprint density at radius 1 is 1.24 bits per heavy atom. The van der Waals surface area contributed by atoms with Crippen LogP contribution in [-0.4, -0.2) is 25.9 Å². The normalized spacial score (nSPS) is 16.6. The predicted molar refractivity (Wildman–Crippen MR) is 102 cm³/mol. The van der Waals surface area contributed by atoms with E-state index < -0.39 is 0 Å². The van der Waals surface area contributed by atoms with E-state index in [1.165, 1.54) is 43.9 Å².